The van der Waals surface area contributed by atoms with Crippen LogP contribution in [0.5, 0.6) is 0 Å². The SMILES string of the molecule is CN1C(=O)[C@@H]2[C@@H]3C[C@H]([C@H]4ON=C(c5ccc([N+](=O)[O-])cc5)[C@H]34)[C@@H]2C1=O. The molecule has 0 unspecified atom stereocenters. The number of nitro groups is 1. The lowest BCUT2D eigenvalue weighted by Crippen LogP contribution is -2.41. The number of nitro benzene ring substituents is 1. The molecule has 0 aromatic heterocycles. The lowest BCUT2D eigenvalue weighted by atomic mass is 9.71. The van der Waals surface area contributed by atoms with Crippen LogP contribution in [-0.4, -0.2) is 40.5 Å². The second-order valence-corrected chi connectivity index (χ2v) is 7.23. The van der Waals surface area contributed by atoms with E-state index >= 15 is 0 Å². The molecule has 2 amide bonds. The van der Waals surface area contributed by atoms with E-state index in [4.69, 9.17) is 4.84 Å². The largest absolute Gasteiger partial charge is 0.391 e. The van der Waals surface area contributed by atoms with Crippen molar-refractivity contribution in [3.8, 4) is 0 Å². The van der Waals surface area contributed by atoms with Crippen LogP contribution in [0.4, 0.5) is 5.69 Å². The van der Waals surface area contributed by atoms with Crippen molar-refractivity contribution < 1.29 is 19.3 Å². The van der Waals surface area contributed by atoms with Gasteiger partial charge in [-0.15, -0.1) is 0 Å². The predicted octanol–water partition coefficient (Wildman–Crippen LogP) is 1.19. The first-order chi connectivity index (χ1) is 12.0. The van der Waals surface area contributed by atoms with Gasteiger partial charge in [0.25, 0.3) is 5.69 Å². The molecule has 1 saturated heterocycles. The highest BCUT2D eigenvalue weighted by molar-refractivity contribution is 6.08. The Hall–Kier alpha value is -2.77. The van der Waals surface area contributed by atoms with Gasteiger partial charge in [-0.25, -0.2) is 0 Å². The number of amides is 2. The van der Waals surface area contributed by atoms with Gasteiger partial charge in [0, 0.05) is 36.6 Å². The third-order valence-corrected chi connectivity index (χ3v) is 6.28. The molecule has 0 radical (unpaired) electrons. The molecule has 25 heavy (non-hydrogen) atoms. The number of carbonyl (C=O) groups excluding carboxylic acids is 2. The number of nitrogens with zero attached hydrogens (tertiary/aromatic N) is 3. The molecule has 2 aliphatic heterocycles. The number of likely N-dealkylation sites (tertiary alicyclic amines) is 1. The van der Waals surface area contributed by atoms with Crippen LogP contribution < -0.4 is 0 Å². The molecule has 3 fully saturated rings. The van der Waals surface area contributed by atoms with Crippen molar-refractivity contribution in [1.82, 2.24) is 4.90 Å². The molecule has 2 aliphatic carbocycles. The van der Waals surface area contributed by atoms with Crippen molar-refractivity contribution in [3.63, 3.8) is 0 Å². The number of oxime groups is 1. The van der Waals surface area contributed by atoms with Crippen molar-refractivity contribution in [2.24, 2.45) is 34.7 Å². The van der Waals surface area contributed by atoms with E-state index in [1.807, 2.05) is 0 Å². The monoisotopic (exact) mass is 341 g/mol. The van der Waals surface area contributed by atoms with E-state index in [2.05, 4.69) is 5.16 Å². The van der Waals surface area contributed by atoms with Crippen LogP contribution in [0.25, 0.3) is 0 Å². The Morgan fingerprint density at radius 2 is 1.76 bits per heavy atom. The van der Waals surface area contributed by atoms with Gasteiger partial charge in [0.15, 0.2) is 0 Å². The minimum atomic E-state index is -0.444. The second kappa shape index (κ2) is 4.65. The zero-order valence-corrected chi connectivity index (χ0v) is 13.4. The number of carbonyl (C=O) groups is 2. The summed E-state index contributed by atoms with van der Waals surface area (Å²) in [6.07, 6.45) is 0.613. The van der Waals surface area contributed by atoms with Crippen molar-refractivity contribution >= 4 is 23.2 Å². The third-order valence-electron chi connectivity index (χ3n) is 6.28. The Balaban J connectivity index is 1.49. The van der Waals surface area contributed by atoms with E-state index in [0.717, 1.165) is 17.7 Å². The maximum absolute atomic E-state index is 12.5. The summed E-state index contributed by atoms with van der Waals surface area (Å²) in [5.41, 5.74) is 1.53. The fourth-order valence-electron chi connectivity index (χ4n) is 5.27. The molecule has 6 atom stereocenters. The molecular formula is C17H15N3O5. The molecule has 8 nitrogen and oxygen atoms in total. The summed E-state index contributed by atoms with van der Waals surface area (Å²) in [6, 6.07) is 6.22. The molecule has 2 bridgehead atoms. The van der Waals surface area contributed by atoms with Gasteiger partial charge in [-0.1, -0.05) is 5.16 Å². The van der Waals surface area contributed by atoms with Crippen LogP contribution in [0, 0.1) is 39.7 Å². The summed E-state index contributed by atoms with van der Waals surface area (Å²) in [7, 11) is 1.55. The number of rotatable bonds is 2. The van der Waals surface area contributed by atoms with Crippen molar-refractivity contribution in [1.29, 1.82) is 0 Å². The third kappa shape index (κ3) is 1.69. The highest BCUT2D eigenvalue weighted by Crippen LogP contribution is 2.61. The summed E-state index contributed by atoms with van der Waals surface area (Å²) in [5.74, 6) is -0.748. The Bertz CT molecular complexity index is 848. The number of benzene rings is 1. The van der Waals surface area contributed by atoms with E-state index < -0.39 is 4.92 Å². The second-order valence-electron chi connectivity index (χ2n) is 7.23. The summed E-state index contributed by atoms with van der Waals surface area (Å²) in [4.78, 5) is 42.1. The van der Waals surface area contributed by atoms with Gasteiger partial charge in [-0.05, 0) is 24.5 Å². The summed E-state index contributed by atoms with van der Waals surface area (Å²) in [6.45, 7) is 0. The number of hydrogen-bond acceptors (Lipinski definition) is 6. The van der Waals surface area contributed by atoms with E-state index in [1.54, 1.807) is 19.2 Å². The van der Waals surface area contributed by atoms with Crippen molar-refractivity contribution in [3.05, 3.63) is 39.9 Å². The summed E-state index contributed by atoms with van der Waals surface area (Å²) < 4.78 is 0. The molecule has 8 heteroatoms. The molecule has 1 aromatic carbocycles. The summed E-state index contributed by atoms with van der Waals surface area (Å²) >= 11 is 0. The van der Waals surface area contributed by atoms with Gasteiger partial charge < -0.3 is 4.84 Å². The molecule has 1 aromatic rings. The van der Waals surface area contributed by atoms with Gasteiger partial charge in [-0.2, -0.15) is 0 Å². The fourth-order valence-corrected chi connectivity index (χ4v) is 5.27. The van der Waals surface area contributed by atoms with Gasteiger partial charge in [-0.3, -0.25) is 24.6 Å². The van der Waals surface area contributed by atoms with Crippen LogP contribution in [-0.2, 0) is 14.4 Å². The highest BCUT2D eigenvalue weighted by Gasteiger charge is 2.69. The number of fused-ring (bicyclic) bond motifs is 8. The highest BCUT2D eigenvalue weighted by atomic mass is 16.6. The van der Waals surface area contributed by atoms with Gasteiger partial charge in [0.1, 0.15) is 6.10 Å². The first-order valence-corrected chi connectivity index (χ1v) is 8.29. The smallest absolute Gasteiger partial charge is 0.269 e. The normalized spacial score (nSPS) is 37.8. The lowest BCUT2D eigenvalue weighted by molar-refractivity contribution is -0.384. The molecule has 4 aliphatic rings. The summed E-state index contributed by atoms with van der Waals surface area (Å²) in [5, 5.41) is 15.0. The fraction of sp³-hybridized carbons (Fsp3) is 0.471. The maximum atomic E-state index is 12.5. The van der Waals surface area contributed by atoms with E-state index in [-0.39, 0.29) is 53.2 Å². The topological polar surface area (TPSA) is 102 Å². The van der Waals surface area contributed by atoms with Gasteiger partial charge in [0.05, 0.1) is 22.5 Å². The van der Waals surface area contributed by atoms with Crippen LogP contribution in [0.1, 0.15) is 12.0 Å². The standard InChI is InChI=1S/C17H15N3O5/c1-19-16(21)11-9-6-10(12(11)17(19)22)15-13(9)14(18-25-15)7-2-4-8(5-3-7)20(23)24/h2-5,9-13,15H,6H2,1H3/t9-,10-,11+,12-,13-,15+/m0/s1. The first kappa shape index (κ1) is 14.6. The molecule has 0 N–H and O–H groups in total. The average Bonchev–Trinajstić information content (AvgIpc) is 3.33. The zero-order valence-electron chi connectivity index (χ0n) is 13.4. The Labute approximate surface area is 142 Å². The number of hydrogen-bond donors (Lipinski definition) is 0. The number of imide groups is 1. The average molecular weight is 341 g/mol. The van der Waals surface area contributed by atoms with Crippen LogP contribution in [0.3, 0.4) is 0 Å². The number of non-ortho nitro benzene ring substituents is 1. The van der Waals surface area contributed by atoms with Crippen molar-refractivity contribution in [2.45, 2.75) is 12.5 Å². The Morgan fingerprint density at radius 1 is 1.12 bits per heavy atom. The molecule has 128 valence electrons. The van der Waals surface area contributed by atoms with E-state index in [1.165, 1.54) is 17.0 Å². The molecule has 2 heterocycles. The van der Waals surface area contributed by atoms with E-state index in [9.17, 15) is 19.7 Å². The quantitative estimate of drug-likeness (QED) is 0.457. The Morgan fingerprint density at radius 3 is 2.40 bits per heavy atom. The molecule has 5 rings (SSSR count). The molecule has 0 spiro atoms. The Kier molecular flexibility index (Phi) is 2.71. The molecular weight excluding hydrogens is 326 g/mol. The van der Waals surface area contributed by atoms with Crippen LogP contribution in [0.2, 0.25) is 0 Å². The first-order valence-electron chi connectivity index (χ1n) is 8.29. The van der Waals surface area contributed by atoms with Crippen LogP contribution in [0.15, 0.2) is 29.4 Å². The molecule has 2 saturated carbocycles. The maximum Gasteiger partial charge on any atom is 0.269 e. The van der Waals surface area contributed by atoms with Crippen LogP contribution >= 0.6 is 0 Å². The van der Waals surface area contributed by atoms with Crippen molar-refractivity contribution in [2.75, 3.05) is 7.05 Å². The lowest BCUT2D eigenvalue weighted by Gasteiger charge is -2.29. The predicted molar refractivity (Wildman–Crippen MR) is 84.4 cm³/mol. The minimum Gasteiger partial charge on any atom is -0.391 e. The zero-order chi connectivity index (χ0) is 17.5. The van der Waals surface area contributed by atoms with Gasteiger partial charge in [0.2, 0.25) is 11.8 Å². The minimum absolute atomic E-state index is 0.0145. The van der Waals surface area contributed by atoms with Gasteiger partial charge >= 0.3 is 0 Å². The van der Waals surface area contributed by atoms with E-state index in [0.29, 0.717) is 0 Å².